The average molecular weight is 295 g/mol. The monoisotopic (exact) mass is 294 g/mol. The standard InChI is InChI=1S/C16H23ClN2O/c1-3-4-15(18)16(20)19(14-9-10-14)11(2)12-5-7-13(17)8-6-12/h5-8,11,14-15H,3-4,9-10,18H2,1-2H3. The van der Waals surface area contributed by atoms with Gasteiger partial charge in [0.15, 0.2) is 0 Å². The van der Waals surface area contributed by atoms with Gasteiger partial charge in [0.05, 0.1) is 12.1 Å². The Balaban J connectivity index is 2.15. The van der Waals surface area contributed by atoms with E-state index in [2.05, 4.69) is 13.8 Å². The van der Waals surface area contributed by atoms with Crippen LogP contribution in [0.5, 0.6) is 0 Å². The normalized spacial score (nSPS) is 17.6. The minimum absolute atomic E-state index is 0.0511. The smallest absolute Gasteiger partial charge is 0.240 e. The van der Waals surface area contributed by atoms with Crippen LogP contribution in [0.4, 0.5) is 0 Å². The molecule has 1 aromatic carbocycles. The molecule has 0 aliphatic heterocycles. The predicted octanol–water partition coefficient (Wildman–Crippen LogP) is 3.52. The van der Waals surface area contributed by atoms with Crippen LogP contribution in [0.3, 0.4) is 0 Å². The van der Waals surface area contributed by atoms with Crippen LogP contribution < -0.4 is 5.73 Å². The molecule has 1 amide bonds. The maximum absolute atomic E-state index is 12.6. The Morgan fingerprint density at radius 1 is 1.40 bits per heavy atom. The van der Waals surface area contributed by atoms with Gasteiger partial charge >= 0.3 is 0 Å². The third-order valence-electron chi connectivity index (χ3n) is 3.88. The SMILES string of the molecule is CCCC(N)C(=O)N(C1CC1)C(C)c1ccc(Cl)cc1. The van der Waals surface area contributed by atoms with Crippen molar-refractivity contribution < 1.29 is 4.79 Å². The second-order valence-corrected chi connectivity index (χ2v) is 6.04. The zero-order chi connectivity index (χ0) is 14.7. The Hall–Kier alpha value is -1.06. The maximum atomic E-state index is 12.6. The van der Waals surface area contributed by atoms with Gasteiger partial charge in [-0.2, -0.15) is 0 Å². The van der Waals surface area contributed by atoms with Gasteiger partial charge in [-0.1, -0.05) is 37.1 Å². The Labute approximate surface area is 126 Å². The molecule has 0 aromatic heterocycles. The van der Waals surface area contributed by atoms with Crippen molar-refractivity contribution in [3.8, 4) is 0 Å². The van der Waals surface area contributed by atoms with Crippen LogP contribution in [0.15, 0.2) is 24.3 Å². The van der Waals surface area contributed by atoms with Crippen LogP contribution in [-0.2, 0) is 4.79 Å². The first-order valence-corrected chi connectivity index (χ1v) is 7.75. The average Bonchev–Trinajstić information content (AvgIpc) is 3.24. The summed E-state index contributed by atoms with van der Waals surface area (Å²) >= 11 is 5.92. The molecule has 0 heterocycles. The molecule has 2 atom stereocenters. The minimum Gasteiger partial charge on any atom is -0.332 e. The fourth-order valence-electron chi connectivity index (χ4n) is 2.57. The molecule has 1 aromatic rings. The third-order valence-corrected chi connectivity index (χ3v) is 4.13. The van der Waals surface area contributed by atoms with Crippen molar-refractivity contribution in [1.29, 1.82) is 0 Å². The van der Waals surface area contributed by atoms with Gasteiger partial charge in [-0.3, -0.25) is 4.79 Å². The highest BCUT2D eigenvalue weighted by Crippen LogP contribution is 2.35. The molecule has 1 saturated carbocycles. The molecule has 2 rings (SSSR count). The first-order valence-electron chi connectivity index (χ1n) is 7.37. The molecular weight excluding hydrogens is 272 g/mol. The van der Waals surface area contributed by atoms with E-state index in [0.29, 0.717) is 11.1 Å². The highest BCUT2D eigenvalue weighted by Gasteiger charge is 2.37. The highest BCUT2D eigenvalue weighted by molar-refractivity contribution is 6.30. The van der Waals surface area contributed by atoms with Gasteiger partial charge < -0.3 is 10.6 Å². The van der Waals surface area contributed by atoms with Gasteiger partial charge in [0.2, 0.25) is 5.91 Å². The Morgan fingerprint density at radius 3 is 2.50 bits per heavy atom. The first kappa shape index (κ1) is 15.3. The van der Waals surface area contributed by atoms with Gasteiger partial charge in [-0.25, -0.2) is 0 Å². The fraction of sp³-hybridized carbons (Fsp3) is 0.562. The summed E-state index contributed by atoms with van der Waals surface area (Å²) in [4.78, 5) is 14.5. The molecule has 4 heteroatoms. The molecule has 1 aliphatic rings. The summed E-state index contributed by atoms with van der Waals surface area (Å²) in [6.07, 6.45) is 3.85. The number of amides is 1. The second kappa shape index (κ2) is 6.59. The topological polar surface area (TPSA) is 46.3 Å². The molecule has 2 N–H and O–H groups in total. The third kappa shape index (κ3) is 3.53. The summed E-state index contributed by atoms with van der Waals surface area (Å²) in [5.74, 6) is 0.0804. The molecule has 0 radical (unpaired) electrons. The van der Waals surface area contributed by atoms with Gasteiger partial charge in [0.25, 0.3) is 0 Å². The molecule has 2 unspecified atom stereocenters. The number of benzene rings is 1. The van der Waals surface area contributed by atoms with Gasteiger partial charge in [-0.15, -0.1) is 0 Å². The molecule has 0 spiro atoms. The first-order chi connectivity index (χ1) is 9.54. The Kier molecular flexibility index (Phi) is 5.06. The zero-order valence-electron chi connectivity index (χ0n) is 12.2. The number of nitrogens with zero attached hydrogens (tertiary/aromatic N) is 1. The van der Waals surface area contributed by atoms with Crippen molar-refractivity contribution in [2.75, 3.05) is 0 Å². The van der Waals surface area contributed by atoms with Gasteiger partial charge in [-0.05, 0) is 43.9 Å². The number of hydrogen-bond donors (Lipinski definition) is 1. The molecule has 0 saturated heterocycles. The van der Waals surface area contributed by atoms with Crippen LogP contribution in [0.2, 0.25) is 5.02 Å². The van der Waals surface area contributed by atoms with Crippen molar-refractivity contribution in [2.24, 2.45) is 5.73 Å². The fourth-order valence-corrected chi connectivity index (χ4v) is 2.69. The van der Waals surface area contributed by atoms with E-state index < -0.39 is 0 Å². The Morgan fingerprint density at radius 2 is 2.00 bits per heavy atom. The van der Waals surface area contributed by atoms with Gasteiger partial charge in [0.1, 0.15) is 0 Å². The van der Waals surface area contributed by atoms with E-state index in [1.54, 1.807) is 0 Å². The molecule has 0 bridgehead atoms. The van der Waals surface area contributed by atoms with Crippen LogP contribution in [-0.4, -0.2) is 22.9 Å². The lowest BCUT2D eigenvalue weighted by Gasteiger charge is -2.32. The number of halogens is 1. The van der Waals surface area contributed by atoms with E-state index in [0.717, 1.165) is 31.2 Å². The minimum atomic E-state index is -0.379. The summed E-state index contributed by atoms with van der Waals surface area (Å²) in [5, 5.41) is 0.716. The summed E-state index contributed by atoms with van der Waals surface area (Å²) in [7, 11) is 0. The van der Waals surface area contributed by atoms with E-state index in [4.69, 9.17) is 17.3 Å². The van der Waals surface area contributed by atoms with Crippen molar-refractivity contribution >= 4 is 17.5 Å². The lowest BCUT2D eigenvalue weighted by atomic mass is 10.0. The van der Waals surface area contributed by atoms with Crippen LogP contribution in [0.25, 0.3) is 0 Å². The molecule has 1 fully saturated rings. The molecule has 3 nitrogen and oxygen atoms in total. The van der Waals surface area contributed by atoms with E-state index in [-0.39, 0.29) is 18.0 Å². The lowest BCUT2D eigenvalue weighted by Crippen LogP contribution is -2.46. The molecule has 110 valence electrons. The molecule has 20 heavy (non-hydrogen) atoms. The van der Waals surface area contributed by atoms with Crippen LogP contribution in [0, 0.1) is 0 Å². The quantitative estimate of drug-likeness (QED) is 0.872. The van der Waals surface area contributed by atoms with Crippen LogP contribution in [0.1, 0.15) is 51.1 Å². The van der Waals surface area contributed by atoms with Crippen molar-refractivity contribution in [3.05, 3.63) is 34.9 Å². The Bertz CT molecular complexity index is 456. The zero-order valence-corrected chi connectivity index (χ0v) is 12.9. The summed E-state index contributed by atoms with van der Waals surface area (Å²) in [5.41, 5.74) is 7.13. The van der Waals surface area contributed by atoms with E-state index in [1.807, 2.05) is 29.2 Å². The predicted molar refractivity (Wildman–Crippen MR) is 82.6 cm³/mol. The summed E-state index contributed by atoms with van der Waals surface area (Å²) in [6.45, 7) is 4.12. The number of carbonyl (C=O) groups excluding carboxylic acids is 1. The van der Waals surface area contributed by atoms with Gasteiger partial charge in [0, 0.05) is 11.1 Å². The van der Waals surface area contributed by atoms with E-state index in [1.165, 1.54) is 0 Å². The van der Waals surface area contributed by atoms with E-state index in [9.17, 15) is 4.79 Å². The largest absolute Gasteiger partial charge is 0.332 e. The summed E-state index contributed by atoms with van der Waals surface area (Å²) in [6, 6.07) is 7.74. The van der Waals surface area contributed by atoms with E-state index >= 15 is 0 Å². The van der Waals surface area contributed by atoms with Crippen molar-refractivity contribution in [3.63, 3.8) is 0 Å². The van der Waals surface area contributed by atoms with Crippen molar-refractivity contribution in [2.45, 2.75) is 57.7 Å². The number of hydrogen-bond acceptors (Lipinski definition) is 2. The van der Waals surface area contributed by atoms with Crippen molar-refractivity contribution in [1.82, 2.24) is 4.90 Å². The molecule has 1 aliphatic carbocycles. The maximum Gasteiger partial charge on any atom is 0.240 e. The van der Waals surface area contributed by atoms with Crippen LogP contribution >= 0.6 is 11.6 Å². The lowest BCUT2D eigenvalue weighted by molar-refractivity contribution is -0.135. The molecular formula is C16H23ClN2O. The second-order valence-electron chi connectivity index (χ2n) is 5.60. The highest BCUT2D eigenvalue weighted by atomic mass is 35.5. The number of nitrogens with two attached hydrogens (primary N) is 1. The number of rotatable bonds is 6. The summed E-state index contributed by atoms with van der Waals surface area (Å²) < 4.78 is 0. The number of carbonyl (C=O) groups is 1.